The van der Waals surface area contributed by atoms with Crippen molar-refractivity contribution in [1.82, 2.24) is 9.21 Å². The van der Waals surface area contributed by atoms with Crippen LogP contribution in [0.15, 0.2) is 41.3 Å². The zero-order chi connectivity index (χ0) is 24.2. The highest BCUT2D eigenvalue weighted by atomic mass is 35.5. The molecule has 2 aromatic carbocycles. The van der Waals surface area contributed by atoms with Gasteiger partial charge in [-0.2, -0.15) is 4.31 Å². The van der Waals surface area contributed by atoms with Crippen molar-refractivity contribution in [2.75, 3.05) is 51.7 Å². The van der Waals surface area contributed by atoms with Gasteiger partial charge in [-0.05, 0) is 24.3 Å². The minimum atomic E-state index is -3.87. The average Bonchev–Trinajstić information content (AvgIpc) is 2.77. The Labute approximate surface area is 203 Å². The van der Waals surface area contributed by atoms with E-state index in [0.29, 0.717) is 37.5 Å². The molecule has 0 amide bonds. The summed E-state index contributed by atoms with van der Waals surface area (Å²) in [6, 6.07) is 9.91. The van der Waals surface area contributed by atoms with Gasteiger partial charge in [-0.1, -0.05) is 23.2 Å². The maximum atomic E-state index is 13.1. The lowest BCUT2D eigenvalue weighted by molar-refractivity contribution is 0.0994. The Morgan fingerprint density at radius 1 is 1.18 bits per heavy atom. The number of ether oxygens (including phenoxy) is 1. The minimum absolute atomic E-state index is 0.000672. The zero-order valence-electron chi connectivity index (χ0n) is 18.1. The number of amidine groups is 1. The molecule has 0 spiro atoms. The van der Waals surface area contributed by atoms with Gasteiger partial charge in [-0.15, -0.1) is 0 Å². The van der Waals surface area contributed by atoms with Crippen LogP contribution in [0.4, 0.5) is 5.69 Å². The van der Waals surface area contributed by atoms with E-state index in [1.165, 1.54) is 23.5 Å². The van der Waals surface area contributed by atoms with Crippen LogP contribution in [-0.2, 0) is 10.0 Å². The highest BCUT2D eigenvalue weighted by Crippen LogP contribution is 2.35. The van der Waals surface area contributed by atoms with E-state index in [0.717, 1.165) is 5.69 Å². The van der Waals surface area contributed by atoms with Crippen molar-refractivity contribution < 1.29 is 18.3 Å². The lowest BCUT2D eigenvalue weighted by Gasteiger charge is -2.35. The van der Waals surface area contributed by atoms with E-state index in [2.05, 4.69) is 5.32 Å². The SMILES string of the molecule is COc1cc(Cl)c(S(=O)(=O)N2CCN(CC(O)CNc3ccc(C(=N)N)cc3)CC2)c(Cl)c1. The first-order valence-corrected chi connectivity index (χ1v) is 12.4. The molecule has 2 aromatic rings. The molecule has 1 saturated heterocycles. The fraction of sp³-hybridized carbons (Fsp3) is 0.381. The number of nitrogen functional groups attached to an aromatic ring is 1. The molecule has 1 fully saturated rings. The maximum Gasteiger partial charge on any atom is 0.246 e. The van der Waals surface area contributed by atoms with Gasteiger partial charge in [-0.3, -0.25) is 10.3 Å². The van der Waals surface area contributed by atoms with Crippen molar-refractivity contribution in [2.24, 2.45) is 5.73 Å². The molecule has 9 nitrogen and oxygen atoms in total. The Morgan fingerprint density at radius 3 is 2.27 bits per heavy atom. The number of rotatable bonds is 9. The molecule has 12 heteroatoms. The van der Waals surface area contributed by atoms with Crippen molar-refractivity contribution in [1.29, 1.82) is 5.41 Å². The van der Waals surface area contributed by atoms with Crippen molar-refractivity contribution in [2.45, 2.75) is 11.0 Å². The molecule has 1 heterocycles. The highest BCUT2D eigenvalue weighted by molar-refractivity contribution is 7.89. The lowest BCUT2D eigenvalue weighted by Crippen LogP contribution is -2.51. The Hall–Kier alpha value is -2.08. The number of halogens is 2. The summed E-state index contributed by atoms with van der Waals surface area (Å²) in [6.07, 6.45) is -0.647. The summed E-state index contributed by atoms with van der Waals surface area (Å²) < 4.78 is 32.6. The van der Waals surface area contributed by atoms with Gasteiger partial charge in [-0.25, -0.2) is 8.42 Å². The minimum Gasteiger partial charge on any atom is -0.497 e. The normalized spacial score (nSPS) is 16.4. The second-order valence-corrected chi connectivity index (χ2v) is 10.3. The molecule has 33 heavy (non-hydrogen) atoms. The van der Waals surface area contributed by atoms with Gasteiger partial charge < -0.3 is 20.9 Å². The number of benzene rings is 2. The van der Waals surface area contributed by atoms with Crippen molar-refractivity contribution in [3.63, 3.8) is 0 Å². The molecule has 5 N–H and O–H groups in total. The van der Waals surface area contributed by atoms with Gasteiger partial charge >= 0.3 is 0 Å². The average molecular weight is 516 g/mol. The standard InChI is InChI=1S/C21H27Cl2N5O4S/c1-32-17-10-18(22)20(19(23)11-17)33(30,31)28-8-6-27(7-9-28)13-16(29)12-26-15-4-2-14(3-5-15)21(24)25/h2-5,10-11,16,26,29H,6-9,12-13H2,1H3,(H3,24,25). The van der Waals surface area contributed by atoms with Crippen LogP contribution in [0.2, 0.25) is 10.0 Å². The van der Waals surface area contributed by atoms with Gasteiger partial charge in [0, 0.05) is 62.7 Å². The molecular formula is C21H27Cl2N5O4S. The number of nitrogens with zero attached hydrogens (tertiary/aromatic N) is 2. The summed E-state index contributed by atoms with van der Waals surface area (Å²) in [4.78, 5) is 1.88. The fourth-order valence-corrected chi connectivity index (χ4v) is 6.11. The summed E-state index contributed by atoms with van der Waals surface area (Å²) in [6.45, 7) is 2.18. The number of aliphatic hydroxyl groups excluding tert-OH is 1. The Bertz CT molecular complexity index is 1070. The molecule has 180 valence electrons. The summed E-state index contributed by atoms with van der Waals surface area (Å²) >= 11 is 12.4. The molecule has 0 bridgehead atoms. The third-order valence-corrected chi connectivity index (χ3v) is 8.16. The van der Waals surface area contributed by atoms with Crippen LogP contribution >= 0.6 is 23.2 Å². The van der Waals surface area contributed by atoms with E-state index in [1.807, 2.05) is 4.90 Å². The molecule has 1 aliphatic heterocycles. The third-order valence-electron chi connectivity index (χ3n) is 5.34. The lowest BCUT2D eigenvalue weighted by atomic mass is 10.2. The van der Waals surface area contributed by atoms with Gasteiger partial charge in [0.1, 0.15) is 16.5 Å². The van der Waals surface area contributed by atoms with Gasteiger partial charge in [0.2, 0.25) is 10.0 Å². The first-order chi connectivity index (χ1) is 15.6. The van der Waals surface area contributed by atoms with Crippen LogP contribution in [0.3, 0.4) is 0 Å². The molecule has 0 radical (unpaired) electrons. The van der Waals surface area contributed by atoms with E-state index in [-0.39, 0.29) is 33.9 Å². The number of piperazine rings is 1. The smallest absolute Gasteiger partial charge is 0.246 e. The number of aliphatic hydroxyl groups is 1. The Balaban J connectivity index is 1.52. The molecule has 0 aliphatic carbocycles. The largest absolute Gasteiger partial charge is 0.497 e. The van der Waals surface area contributed by atoms with Crippen molar-refractivity contribution in [3.05, 3.63) is 52.0 Å². The number of nitrogens with one attached hydrogen (secondary N) is 2. The van der Waals surface area contributed by atoms with Crippen LogP contribution in [0, 0.1) is 5.41 Å². The van der Waals surface area contributed by atoms with E-state index in [9.17, 15) is 13.5 Å². The second kappa shape index (κ2) is 10.9. The molecule has 1 aliphatic rings. The molecular weight excluding hydrogens is 489 g/mol. The van der Waals surface area contributed by atoms with E-state index in [1.54, 1.807) is 24.3 Å². The predicted octanol–water partition coefficient (Wildman–Crippen LogP) is 2.07. The predicted molar refractivity (Wildman–Crippen MR) is 130 cm³/mol. The molecule has 1 unspecified atom stereocenters. The summed E-state index contributed by atoms with van der Waals surface area (Å²) in [7, 11) is -2.42. The van der Waals surface area contributed by atoms with Gasteiger partial charge in [0.25, 0.3) is 0 Å². The number of hydrogen-bond donors (Lipinski definition) is 4. The summed E-state index contributed by atoms with van der Waals surface area (Å²) in [5, 5.41) is 21.0. The number of hydrogen-bond acceptors (Lipinski definition) is 7. The first kappa shape index (κ1) is 25.5. The van der Waals surface area contributed by atoms with Crippen LogP contribution in [0.1, 0.15) is 5.56 Å². The first-order valence-electron chi connectivity index (χ1n) is 10.2. The Kier molecular flexibility index (Phi) is 8.43. The summed E-state index contributed by atoms with van der Waals surface area (Å²) in [5.74, 6) is 0.380. The fourth-order valence-electron chi connectivity index (χ4n) is 3.55. The summed E-state index contributed by atoms with van der Waals surface area (Å²) in [5.41, 5.74) is 6.88. The highest BCUT2D eigenvalue weighted by Gasteiger charge is 2.32. The number of sulfonamides is 1. The third kappa shape index (κ3) is 6.28. The van der Waals surface area contributed by atoms with Crippen LogP contribution in [-0.4, -0.2) is 81.0 Å². The number of anilines is 1. The molecule has 1 atom stereocenters. The second-order valence-electron chi connectivity index (χ2n) is 7.65. The molecule has 3 rings (SSSR count). The van der Waals surface area contributed by atoms with Crippen LogP contribution in [0.25, 0.3) is 0 Å². The van der Waals surface area contributed by atoms with Gasteiger partial charge in [0.05, 0.1) is 23.3 Å². The van der Waals surface area contributed by atoms with Gasteiger partial charge in [0.15, 0.2) is 0 Å². The zero-order valence-corrected chi connectivity index (χ0v) is 20.4. The maximum absolute atomic E-state index is 13.1. The molecule has 0 saturated carbocycles. The van der Waals surface area contributed by atoms with E-state index >= 15 is 0 Å². The van der Waals surface area contributed by atoms with Crippen molar-refractivity contribution >= 4 is 44.7 Å². The molecule has 0 aromatic heterocycles. The number of β-amino-alcohol motifs (C(OH)–C–C–N with tert-alkyl or cyclic N) is 1. The quantitative estimate of drug-likeness (QED) is 0.296. The van der Waals surface area contributed by atoms with E-state index < -0.39 is 16.1 Å². The Morgan fingerprint density at radius 2 is 1.76 bits per heavy atom. The van der Waals surface area contributed by atoms with Crippen LogP contribution in [0.5, 0.6) is 5.75 Å². The topological polar surface area (TPSA) is 132 Å². The van der Waals surface area contributed by atoms with Crippen LogP contribution < -0.4 is 15.8 Å². The monoisotopic (exact) mass is 515 g/mol. The van der Waals surface area contributed by atoms with E-state index in [4.69, 9.17) is 39.1 Å². The van der Waals surface area contributed by atoms with Crippen molar-refractivity contribution in [3.8, 4) is 5.75 Å². The number of methoxy groups -OCH3 is 1. The number of nitrogens with two attached hydrogens (primary N) is 1.